The van der Waals surface area contributed by atoms with E-state index in [-0.39, 0.29) is 16.1 Å². The van der Waals surface area contributed by atoms with Gasteiger partial charge in [0, 0.05) is 19.0 Å². The smallest absolute Gasteiger partial charge is 0.237 e. The standard InChI is InChI=1S/C19H20N4O4S2/c1-13(28-19-22-20-12-23(19)2)18(24)21-14-4-6-15(7-5-14)27-16-8-10-17(11-9-16)29(3,25)26/h4-13H,1-3H3,(H,21,24)/t13-/m0/s1. The topological polar surface area (TPSA) is 103 Å². The van der Waals surface area contributed by atoms with Crippen LogP contribution in [-0.2, 0) is 21.7 Å². The number of amides is 1. The fraction of sp³-hybridized carbons (Fsp3) is 0.211. The minimum Gasteiger partial charge on any atom is -0.457 e. The molecule has 152 valence electrons. The van der Waals surface area contributed by atoms with Crippen molar-refractivity contribution in [2.75, 3.05) is 11.6 Å². The van der Waals surface area contributed by atoms with E-state index in [0.717, 1.165) is 6.26 Å². The van der Waals surface area contributed by atoms with Gasteiger partial charge in [-0.2, -0.15) is 0 Å². The highest BCUT2D eigenvalue weighted by molar-refractivity contribution is 8.00. The van der Waals surface area contributed by atoms with Crippen molar-refractivity contribution in [1.29, 1.82) is 0 Å². The average molecular weight is 433 g/mol. The van der Waals surface area contributed by atoms with Gasteiger partial charge < -0.3 is 14.6 Å². The third kappa shape index (κ3) is 5.58. The maximum absolute atomic E-state index is 12.4. The molecule has 1 amide bonds. The Labute approximate surface area is 173 Å². The van der Waals surface area contributed by atoms with Crippen LogP contribution in [0.2, 0.25) is 0 Å². The molecule has 2 aromatic carbocycles. The largest absolute Gasteiger partial charge is 0.457 e. The average Bonchev–Trinajstić information content (AvgIpc) is 3.07. The number of aromatic nitrogens is 3. The summed E-state index contributed by atoms with van der Waals surface area (Å²) in [5.41, 5.74) is 0.639. The van der Waals surface area contributed by atoms with Gasteiger partial charge in [-0.1, -0.05) is 11.8 Å². The third-order valence-electron chi connectivity index (χ3n) is 3.93. The summed E-state index contributed by atoms with van der Waals surface area (Å²) in [4.78, 5) is 12.6. The summed E-state index contributed by atoms with van der Waals surface area (Å²) < 4.78 is 30.5. The van der Waals surface area contributed by atoms with Gasteiger partial charge in [-0.25, -0.2) is 8.42 Å². The maximum Gasteiger partial charge on any atom is 0.237 e. The predicted molar refractivity (Wildman–Crippen MR) is 111 cm³/mol. The summed E-state index contributed by atoms with van der Waals surface area (Å²) in [6, 6.07) is 13.1. The van der Waals surface area contributed by atoms with E-state index in [2.05, 4.69) is 15.5 Å². The number of carbonyl (C=O) groups is 1. The van der Waals surface area contributed by atoms with Gasteiger partial charge in [-0.05, 0) is 55.5 Å². The first-order chi connectivity index (χ1) is 13.7. The minimum absolute atomic E-state index is 0.150. The number of anilines is 1. The Morgan fingerprint density at radius 1 is 1.10 bits per heavy atom. The van der Waals surface area contributed by atoms with E-state index in [1.165, 1.54) is 23.9 Å². The number of benzene rings is 2. The van der Waals surface area contributed by atoms with Crippen molar-refractivity contribution in [3.8, 4) is 11.5 Å². The molecular formula is C19H20N4O4S2. The van der Waals surface area contributed by atoms with Crippen LogP contribution in [0.1, 0.15) is 6.92 Å². The molecule has 0 aliphatic carbocycles. The van der Waals surface area contributed by atoms with Gasteiger partial charge in [0.05, 0.1) is 10.1 Å². The molecule has 0 fully saturated rings. The molecule has 0 aliphatic rings. The number of ether oxygens (including phenoxy) is 1. The van der Waals surface area contributed by atoms with Gasteiger partial charge in [-0.3, -0.25) is 4.79 Å². The van der Waals surface area contributed by atoms with Crippen LogP contribution in [0.25, 0.3) is 0 Å². The number of sulfone groups is 1. The Balaban J connectivity index is 1.58. The minimum atomic E-state index is -3.24. The number of thioether (sulfide) groups is 1. The zero-order valence-corrected chi connectivity index (χ0v) is 17.7. The summed E-state index contributed by atoms with van der Waals surface area (Å²) in [6.45, 7) is 1.80. The molecule has 0 unspecified atom stereocenters. The van der Waals surface area contributed by atoms with Crippen LogP contribution in [0.3, 0.4) is 0 Å². The van der Waals surface area contributed by atoms with E-state index in [0.29, 0.717) is 22.3 Å². The molecule has 0 aliphatic heterocycles. The molecule has 1 heterocycles. The van der Waals surface area contributed by atoms with Gasteiger partial charge >= 0.3 is 0 Å². The molecule has 0 radical (unpaired) electrons. The molecule has 10 heteroatoms. The molecular weight excluding hydrogens is 412 g/mol. The van der Waals surface area contributed by atoms with Gasteiger partial charge in [0.25, 0.3) is 0 Å². The molecule has 3 rings (SSSR count). The monoisotopic (exact) mass is 432 g/mol. The van der Waals surface area contributed by atoms with Crippen molar-refractivity contribution >= 4 is 33.2 Å². The summed E-state index contributed by atoms with van der Waals surface area (Å²) in [7, 11) is -1.42. The first-order valence-corrected chi connectivity index (χ1v) is 11.4. The van der Waals surface area contributed by atoms with Crippen LogP contribution in [0, 0.1) is 0 Å². The molecule has 29 heavy (non-hydrogen) atoms. The molecule has 1 aromatic heterocycles. The summed E-state index contributed by atoms with van der Waals surface area (Å²) >= 11 is 1.32. The highest BCUT2D eigenvalue weighted by Crippen LogP contribution is 2.25. The van der Waals surface area contributed by atoms with Gasteiger partial charge in [-0.15, -0.1) is 10.2 Å². The quantitative estimate of drug-likeness (QED) is 0.572. The number of aryl methyl sites for hydroxylation is 1. The van der Waals surface area contributed by atoms with Gasteiger partial charge in [0.1, 0.15) is 17.8 Å². The molecule has 1 atom stereocenters. The van der Waals surface area contributed by atoms with E-state index in [4.69, 9.17) is 4.74 Å². The Morgan fingerprint density at radius 3 is 2.21 bits per heavy atom. The number of carbonyl (C=O) groups excluding carboxylic acids is 1. The normalized spacial score (nSPS) is 12.4. The lowest BCUT2D eigenvalue weighted by atomic mass is 10.3. The lowest BCUT2D eigenvalue weighted by Gasteiger charge is -2.12. The Morgan fingerprint density at radius 2 is 1.69 bits per heavy atom. The predicted octanol–water partition coefficient (Wildman–Crippen LogP) is 3.13. The van der Waals surface area contributed by atoms with Gasteiger partial charge in [0.15, 0.2) is 15.0 Å². The van der Waals surface area contributed by atoms with Crippen molar-refractivity contribution in [3.05, 3.63) is 54.9 Å². The second kappa shape index (κ2) is 8.66. The van der Waals surface area contributed by atoms with Crippen LogP contribution in [-0.4, -0.2) is 40.6 Å². The molecule has 0 bridgehead atoms. The van der Waals surface area contributed by atoms with Gasteiger partial charge in [0.2, 0.25) is 5.91 Å². The summed E-state index contributed by atoms with van der Waals surface area (Å²) in [5.74, 6) is 0.933. The van der Waals surface area contributed by atoms with Crippen molar-refractivity contribution in [3.63, 3.8) is 0 Å². The molecule has 8 nitrogen and oxygen atoms in total. The number of nitrogens with zero attached hydrogens (tertiary/aromatic N) is 3. The number of hydrogen-bond donors (Lipinski definition) is 1. The zero-order valence-electron chi connectivity index (χ0n) is 16.1. The van der Waals surface area contributed by atoms with E-state index in [9.17, 15) is 13.2 Å². The first kappa shape index (κ1) is 20.9. The fourth-order valence-corrected chi connectivity index (χ4v) is 3.75. The van der Waals surface area contributed by atoms with Crippen molar-refractivity contribution < 1.29 is 17.9 Å². The van der Waals surface area contributed by atoms with Crippen LogP contribution in [0.5, 0.6) is 11.5 Å². The summed E-state index contributed by atoms with van der Waals surface area (Å²) in [6.07, 6.45) is 2.74. The molecule has 3 aromatic rings. The number of nitrogens with one attached hydrogen (secondary N) is 1. The maximum atomic E-state index is 12.4. The third-order valence-corrected chi connectivity index (χ3v) is 6.21. The van der Waals surface area contributed by atoms with E-state index >= 15 is 0 Å². The van der Waals surface area contributed by atoms with Crippen LogP contribution in [0.4, 0.5) is 5.69 Å². The van der Waals surface area contributed by atoms with Crippen LogP contribution >= 0.6 is 11.8 Å². The Bertz CT molecular complexity index is 1090. The lowest BCUT2D eigenvalue weighted by molar-refractivity contribution is -0.115. The van der Waals surface area contributed by atoms with E-state index < -0.39 is 9.84 Å². The Hall–Kier alpha value is -2.85. The lowest BCUT2D eigenvalue weighted by Crippen LogP contribution is -2.22. The van der Waals surface area contributed by atoms with Crippen LogP contribution in [0.15, 0.2) is 64.9 Å². The van der Waals surface area contributed by atoms with Crippen molar-refractivity contribution in [2.45, 2.75) is 22.2 Å². The Kier molecular flexibility index (Phi) is 6.23. The SMILES string of the molecule is C[C@H](Sc1nncn1C)C(=O)Nc1ccc(Oc2ccc(S(C)(=O)=O)cc2)cc1. The van der Waals surface area contributed by atoms with E-state index in [1.54, 1.807) is 54.2 Å². The summed E-state index contributed by atoms with van der Waals surface area (Å²) in [5, 5.41) is 10.9. The number of hydrogen-bond acceptors (Lipinski definition) is 7. The van der Waals surface area contributed by atoms with E-state index in [1.807, 2.05) is 7.05 Å². The zero-order chi connectivity index (χ0) is 21.0. The number of rotatable bonds is 7. The van der Waals surface area contributed by atoms with Crippen molar-refractivity contribution in [2.24, 2.45) is 7.05 Å². The molecule has 0 saturated carbocycles. The highest BCUT2D eigenvalue weighted by Gasteiger charge is 2.17. The molecule has 0 saturated heterocycles. The first-order valence-electron chi connectivity index (χ1n) is 8.62. The fourth-order valence-electron chi connectivity index (χ4n) is 2.33. The molecule has 0 spiro atoms. The second-order valence-corrected chi connectivity index (χ2v) is 9.67. The van der Waals surface area contributed by atoms with Crippen molar-refractivity contribution in [1.82, 2.24) is 14.8 Å². The molecule has 1 N–H and O–H groups in total. The highest BCUT2D eigenvalue weighted by atomic mass is 32.2. The second-order valence-electron chi connectivity index (χ2n) is 6.34. The van der Waals surface area contributed by atoms with Crippen LogP contribution < -0.4 is 10.1 Å².